The highest BCUT2D eigenvalue weighted by Gasteiger charge is 2.23. The Hall–Kier alpha value is -3.26. The Balaban J connectivity index is 1.42. The van der Waals surface area contributed by atoms with Crippen LogP contribution in [0.3, 0.4) is 0 Å². The first kappa shape index (κ1) is 24.4. The van der Waals surface area contributed by atoms with Crippen molar-refractivity contribution in [2.45, 2.75) is 31.7 Å². The van der Waals surface area contributed by atoms with E-state index >= 15 is 0 Å². The average molecular weight is 456 g/mol. The van der Waals surface area contributed by atoms with Crippen LogP contribution in [0.1, 0.15) is 24.8 Å². The minimum Gasteiger partial charge on any atom is -0.493 e. The summed E-state index contributed by atoms with van der Waals surface area (Å²) in [5.41, 5.74) is 1.69. The van der Waals surface area contributed by atoms with Gasteiger partial charge in [-0.05, 0) is 43.0 Å². The number of amides is 2. The summed E-state index contributed by atoms with van der Waals surface area (Å²) in [6.07, 6.45) is 2.54. The molecule has 2 aromatic rings. The molecule has 1 aliphatic heterocycles. The van der Waals surface area contributed by atoms with Crippen molar-refractivity contribution in [2.24, 2.45) is 0 Å². The summed E-state index contributed by atoms with van der Waals surface area (Å²) in [6.45, 7) is 1.90. The Labute approximate surface area is 195 Å². The van der Waals surface area contributed by atoms with Gasteiger partial charge < -0.3 is 24.8 Å². The molecule has 0 unspecified atom stereocenters. The zero-order valence-corrected chi connectivity index (χ0v) is 19.6. The minimum absolute atomic E-state index is 0.00658. The van der Waals surface area contributed by atoms with Crippen LogP contribution in [0.25, 0.3) is 0 Å². The van der Waals surface area contributed by atoms with Crippen LogP contribution in [0.5, 0.6) is 17.2 Å². The SMILES string of the molecule is COc1ccc(CCC(=O)NC2CCN(CC(=O)Nc3ccccc3)CC2)c(OC)c1OC. The Kier molecular flexibility index (Phi) is 8.95. The van der Waals surface area contributed by atoms with E-state index in [-0.39, 0.29) is 17.9 Å². The lowest BCUT2D eigenvalue weighted by Gasteiger charge is -2.31. The average Bonchev–Trinajstić information content (AvgIpc) is 2.83. The molecule has 1 saturated heterocycles. The molecule has 8 nitrogen and oxygen atoms in total. The van der Waals surface area contributed by atoms with Crippen LogP contribution in [-0.4, -0.2) is 63.7 Å². The smallest absolute Gasteiger partial charge is 0.238 e. The van der Waals surface area contributed by atoms with Gasteiger partial charge in [-0.1, -0.05) is 24.3 Å². The topological polar surface area (TPSA) is 89.1 Å². The van der Waals surface area contributed by atoms with Crippen LogP contribution < -0.4 is 24.8 Å². The molecular weight excluding hydrogens is 422 g/mol. The predicted molar refractivity (Wildman–Crippen MR) is 127 cm³/mol. The van der Waals surface area contributed by atoms with Gasteiger partial charge in [0.15, 0.2) is 11.5 Å². The number of hydrogen-bond donors (Lipinski definition) is 2. The number of hydrogen-bond acceptors (Lipinski definition) is 6. The monoisotopic (exact) mass is 455 g/mol. The highest BCUT2D eigenvalue weighted by Crippen LogP contribution is 2.40. The second-order valence-electron chi connectivity index (χ2n) is 8.03. The highest BCUT2D eigenvalue weighted by molar-refractivity contribution is 5.92. The maximum Gasteiger partial charge on any atom is 0.238 e. The highest BCUT2D eigenvalue weighted by atomic mass is 16.5. The van der Waals surface area contributed by atoms with E-state index in [0.717, 1.165) is 37.2 Å². The summed E-state index contributed by atoms with van der Waals surface area (Å²) in [5.74, 6) is 1.69. The summed E-state index contributed by atoms with van der Waals surface area (Å²) in [5, 5.41) is 6.04. The molecule has 0 aliphatic carbocycles. The van der Waals surface area contributed by atoms with Gasteiger partial charge in [-0.3, -0.25) is 14.5 Å². The summed E-state index contributed by atoms with van der Waals surface area (Å²) in [4.78, 5) is 26.9. The van der Waals surface area contributed by atoms with Crippen molar-refractivity contribution in [1.29, 1.82) is 0 Å². The van der Waals surface area contributed by atoms with E-state index in [9.17, 15) is 9.59 Å². The number of anilines is 1. The number of nitrogens with one attached hydrogen (secondary N) is 2. The fourth-order valence-corrected chi connectivity index (χ4v) is 4.07. The Morgan fingerprint density at radius 2 is 1.61 bits per heavy atom. The van der Waals surface area contributed by atoms with Crippen LogP contribution in [0.15, 0.2) is 42.5 Å². The molecule has 0 aromatic heterocycles. The molecule has 2 amide bonds. The lowest BCUT2D eigenvalue weighted by atomic mass is 10.0. The zero-order valence-electron chi connectivity index (χ0n) is 19.6. The molecule has 1 heterocycles. The number of carbonyl (C=O) groups excluding carboxylic acids is 2. The van der Waals surface area contributed by atoms with E-state index in [1.54, 1.807) is 21.3 Å². The molecule has 2 aromatic carbocycles. The van der Waals surface area contributed by atoms with E-state index in [2.05, 4.69) is 15.5 Å². The number of methoxy groups -OCH3 is 3. The number of ether oxygens (including phenoxy) is 3. The Morgan fingerprint density at radius 1 is 0.909 bits per heavy atom. The van der Waals surface area contributed by atoms with Crippen LogP contribution >= 0.6 is 0 Å². The normalized spacial score (nSPS) is 14.4. The zero-order chi connectivity index (χ0) is 23.6. The number of likely N-dealkylation sites (tertiary alicyclic amines) is 1. The van der Waals surface area contributed by atoms with Gasteiger partial charge in [0.2, 0.25) is 17.6 Å². The maximum atomic E-state index is 12.5. The van der Waals surface area contributed by atoms with E-state index in [4.69, 9.17) is 14.2 Å². The van der Waals surface area contributed by atoms with E-state index in [0.29, 0.717) is 36.6 Å². The molecule has 0 spiro atoms. The number of piperidine rings is 1. The summed E-state index contributed by atoms with van der Waals surface area (Å²) in [7, 11) is 4.72. The van der Waals surface area contributed by atoms with Crippen molar-refractivity contribution in [1.82, 2.24) is 10.2 Å². The maximum absolute atomic E-state index is 12.5. The quantitative estimate of drug-likeness (QED) is 0.573. The van der Waals surface area contributed by atoms with Crippen molar-refractivity contribution < 1.29 is 23.8 Å². The summed E-state index contributed by atoms with van der Waals surface area (Å²) in [6, 6.07) is 13.3. The lowest BCUT2D eigenvalue weighted by molar-refractivity contribution is -0.122. The van der Waals surface area contributed by atoms with Gasteiger partial charge in [0.05, 0.1) is 27.9 Å². The second-order valence-corrected chi connectivity index (χ2v) is 8.03. The van der Waals surface area contributed by atoms with Crippen molar-refractivity contribution in [3.63, 3.8) is 0 Å². The van der Waals surface area contributed by atoms with Gasteiger partial charge in [-0.25, -0.2) is 0 Å². The predicted octanol–water partition coefficient (Wildman–Crippen LogP) is 2.86. The van der Waals surface area contributed by atoms with E-state index in [1.807, 2.05) is 42.5 Å². The molecule has 1 aliphatic rings. The van der Waals surface area contributed by atoms with Crippen LogP contribution in [0.2, 0.25) is 0 Å². The van der Waals surface area contributed by atoms with Gasteiger partial charge in [-0.15, -0.1) is 0 Å². The molecule has 178 valence electrons. The first-order valence-electron chi connectivity index (χ1n) is 11.2. The molecule has 0 radical (unpaired) electrons. The second kappa shape index (κ2) is 12.1. The molecule has 0 saturated carbocycles. The largest absolute Gasteiger partial charge is 0.493 e. The van der Waals surface area contributed by atoms with Gasteiger partial charge in [0.25, 0.3) is 0 Å². The third-order valence-corrected chi connectivity index (χ3v) is 5.78. The third-order valence-electron chi connectivity index (χ3n) is 5.78. The molecule has 0 bridgehead atoms. The van der Waals surface area contributed by atoms with Crippen LogP contribution in [0.4, 0.5) is 5.69 Å². The summed E-state index contributed by atoms with van der Waals surface area (Å²) < 4.78 is 16.2. The lowest BCUT2D eigenvalue weighted by Crippen LogP contribution is -2.46. The summed E-state index contributed by atoms with van der Waals surface area (Å²) >= 11 is 0. The minimum atomic E-state index is -0.0208. The Morgan fingerprint density at radius 3 is 2.24 bits per heavy atom. The standard InChI is InChI=1S/C25H33N3O5/c1-31-21-11-9-18(24(32-2)25(21)33-3)10-12-22(29)26-20-13-15-28(16-14-20)17-23(30)27-19-7-5-4-6-8-19/h4-9,11,20H,10,12-17H2,1-3H3,(H,26,29)(H,27,30). The molecule has 2 N–H and O–H groups in total. The number of carbonyl (C=O) groups is 2. The number of para-hydroxylation sites is 1. The number of nitrogens with zero attached hydrogens (tertiary/aromatic N) is 1. The first-order valence-corrected chi connectivity index (χ1v) is 11.2. The van der Waals surface area contributed by atoms with Crippen LogP contribution in [-0.2, 0) is 16.0 Å². The third kappa shape index (κ3) is 6.86. The molecule has 3 rings (SSSR count). The molecule has 33 heavy (non-hydrogen) atoms. The Bertz CT molecular complexity index is 927. The van der Waals surface area contributed by atoms with Crippen molar-refractivity contribution in [2.75, 3.05) is 46.3 Å². The van der Waals surface area contributed by atoms with Crippen molar-refractivity contribution >= 4 is 17.5 Å². The van der Waals surface area contributed by atoms with Crippen molar-refractivity contribution in [3.05, 3.63) is 48.0 Å². The number of rotatable bonds is 10. The van der Waals surface area contributed by atoms with Crippen molar-refractivity contribution in [3.8, 4) is 17.2 Å². The molecule has 0 atom stereocenters. The van der Waals surface area contributed by atoms with Gasteiger partial charge in [0.1, 0.15) is 0 Å². The van der Waals surface area contributed by atoms with Gasteiger partial charge >= 0.3 is 0 Å². The van der Waals surface area contributed by atoms with E-state index < -0.39 is 0 Å². The number of aryl methyl sites for hydroxylation is 1. The molecule has 8 heteroatoms. The first-order chi connectivity index (χ1) is 16.0. The van der Waals surface area contributed by atoms with Gasteiger partial charge in [0, 0.05) is 31.2 Å². The van der Waals surface area contributed by atoms with Crippen LogP contribution in [0, 0.1) is 0 Å². The molecular formula is C25H33N3O5. The fraction of sp³-hybridized carbons (Fsp3) is 0.440. The van der Waals surface area contributed by atoms with E-state index in [1.165, 1.54) is 0 Å². The number of benzene rings is 2. The fourth-order valence-electron chi connectivity index (χ4n) is 4.07. The van der Waals surface area contributed by atoms with Gasteiger partial charge in [-0.2, -0.15) is 0 Å². The molecule has 1 fully saturated rings.